The van der Waals surface area contributed by atoms with E-state index in [-0.39, 0.29) is 12.3 Å². The summed E-state index contributed by atoms with van der Waals surface area (Å²) < 4.78 is 5.31. The molecule has 7 heteroatoms. The Balaban J connectivity index is 1.73. The van der Waals surface area contributed by atoms with Crippen LogP contribution in [0.5, 0.6) is 0 Å². The summed E-state index contributed by atoms with van der Waals surface area (Å²) in [5.41, 5.74) is 1.87. The number of carboxylic acids is 1. The van der Waals surface area contributed by atoms with Gasteiger partial charge in [-0.05, 0) is 43.1 Å². The van der Waals surface area contributed by atoms with E-state index in [9.17, 15) is 14.7 Å². The van der Waals surface area contributed by atoms with Crippen molar-refractivity contribution in [2.75, 3.05) is 44.7 Å². The summed E-state index contributed by atoms with van der Waals surface area (Å²) in [6.45, 7) is 9.01. The molecule has 7 nitrogen and oxygen atoms in total. The van der Waals surface area contributed by atoms with Crippen molar-refractivity contribution in [1.29, 1.82) is 0 Å². The number of benzene rings is 1. The molecule has 1 atom stereocenters. The summed E-state index contributed by atoms with van der Waals surface area (Å²) in [6.07, 6.45) is 0.737. The van der Waals surface area contributed by atoms with Gasteiger partial charge in [0.05, 0.1) is 19.6 Å². The van der Waals surface area contributed by atoms with Crippen LogP contribution in [0.25, 0.3) is 0 Å². The SMILES string of the molecule is CC(C)c1ccc(NC(=O)C[C@H](NCCCN2CCOCC2)C(=O)O)cc1. The second-order valence-corrected chi connectivity index (χ2v) is 7.18. The van der Waals surface area contributed by atoms with Crippen molar-refractivity contribution < 1.29 is 19.4 Å². The van der Waals surface area contributed by atoms with Crippen molar-refractivity contribution in [3.05, 3.63) is 29.8 Å². The summed E-state index contributed by atoms with van der Waals surface area (Å²) >= 11 is 0. The number of morpholine rings is 1. The Morgan fingerprint density at radius 1 is 1.19 bits per heavy atom. The highest BCUT2D eigenvalue weighted by Crippen LogP contribution is 2.17. The molecule has 0 spiro atoms. The minimum atomic E-state index is -1.01. The van der Waals surface area contributed by atoms with Gasteiger partial charge in [-0.3, -0.25) is 14.5 Å². The largest absolute Gasteiger partial charge is 0.480 e. The lowest BCUT2D eigenvalue weighted by Crippen LogP contribution is -2.42. The highest BCUT2D eigenvalue weighted by Gasteiger charge is 2.21. The van der Waals surface area contributed by atoms with E-state index in [1.54, 1.807) is 0 Å². The molecule has 0 saturated carbocycles. The van der Waals surface area contributed by atoms with E-state index in [2.05, 4.69) is 29.4 Å². The first-order chi connectivity index (χ1) is 13.0. The molecule has 0 radical (unpaired) electrons. The van der Waals surface area contributed by atoms with E-state index >= 15 is 0 Å². The molecule has 27 heavy (non-hydrogen) atoms. The lowest BCUT2D eigenvalue weighted by Gasteiger charge is -2.26. The summed E-state index contributed by atoms with van der Waals surface area (Å²) in [4.78, 5) is 25.9. The Morgan fingerprint density at radius 3 is 2.44 bits per heavy atom. The van der Waals surface area contributed by atoms with Gasteiger partial charge >= 0.3 is 5.97 Å². The first-order valence-electron chi connectivity index (χ1n) is 9.62. The number of hydrogen-bond donors (Lipinski definition) is 3. The van der Waals surface area contributed by atoms with Gasteiger partial charge in [0.15, 0.2) is 0 Å². The molecule has 1 aromatic rings. The van der Waals surface area contributed by atoms with E-state index in [1.807, 2.05) is 24.3 Å². The number of nitrogens with one attached hydrogen (secondary N) is 2. The van der Waals surface area contributed by atoms with Crippen LogP contribution in [0.2, 0.25) is 0 Å². The minimum Gasteiger partial charge on any atom is -0.480 e. The average Bonchev–Trinajstić information content (AvgIpc) is 2.65. The second-order valence-electron chi connectivity index (χ2n) is 7.18. The number of carboxylic acid groups (broad SMARTS) is 1. The van der Waals surface area contributed by atoms with Gasteiger partial charge in [0.25, 0.3) is 0 Å². The number of ether oxygens (including phenoxy) is 1. The smallest absolute Gasteiger partial charge is 0.321 e. The fourth-order valence-corrected chi connectivity index (χ4v) is 3.00. The molecule has 1 aromatic carbocycles. The van der Waals surface area contributed by atoms with E-state index in [1.165, 1.54) is 5.56 Å². The highest BCUT2D eigenvalue weighted by molar-refractivity contribution is 5.94. The van der Waals surface area contributed by atoms with Crippen LogP contribution >= 0.6 is 0 Å². The maximum absolute atomic E-state index is 12.2. The Labute approximate surface area is 161 Å². The molecule has 1 heterocycles. The fraction of sp³-hybridized carbons (Fsp3) is 0.600. The molecule has 0 aromatic heterocycles. The van der Waals surface area contributed by atoms with Crippen LogP contribution in [0, 0.1) is 0 Å². The molecule has 1 amide bonds. The van der Waals surface area contributed by atoms with Gasteiger partial charge in [0.1, 0.15) is 6.04 Å². The minimum absolute atomic E-state index is 0.0984. The predicted molar refractivity (Wildman–Crippen MR) is 105 cm³/mol. The standard InChI is InChI=1S/C20H31N3O4/c1-15(2)16-4-6-17(7-5-16)22-19(24)14-18(20(25)26)21-8-3-9-23-10-12-27-13-11-23/h4-7,15,18,21H,3,8-14H2,1-2H3,(H,22,24)(H,25,26)/t18-/m0/s1. The normalized spacial score (nSPS) is 16.3. The predicted octanol–water partition coefficient (Wildman–Crippen LogP) is 1.90. The van der Waals surface area contributed by atoms with Crippen LogP contribution in [0.1, 0.15) is 38.2 Å². The highest BCUT2D eigenvalue weighted by atomic mass is 16.5. The number of nitrogens with zero attached hydrogens (tertiary/aromatic N) is 1. The number of anilines is 1. The summed E-state index contributed by atoms with van der Waals surface area (Å²) in [5.74, 6) is -0.889. The van der Waals surface area contributed by atoms with Gasteiger partial charge in [-0.25, -0.2) is 0 Å². The number of amides is 1. The van der Waals surface area contributed by atoms with Crippen LogP contribution in [0.3, 0.4) is 0 Å². The lowest BCUT2D eigenvalue weighted by molar-refractivity contribution is -0.141. The second kappa shape index (κ2) is 11.0. The third kappa shape index (κ3) is 7.66. The Morgan fingerprint density at radius 2 is 1.85 bits per heavy atom. The molecule has 3 N–H and O–H groups in total. The number of carbonyl (C=O) groups excluding carboxylic acids is 1. The molecule has 1 saturated heterocycles. The topological polar surface area (TPSA) is 90.9 Å². The summed E-state index contributed by atoms with van der Waals surface area (Å²) in [6, 6.07) is 6.75. The monoisotopic (exact) mass is 377 g/mol. The third-order valence-corrected chi connectivity index (χ3v) is 4.69. The van der Waals surface area contributed by atoms with Crippen LogP contribution < -0.4 is 10.6 Å². The first-order valence-corrected chi connectivity index (χ1v) is 9.62. The van der Waals surface area contributed by atoms with Gasteiger partial charge in [-0.15, -0.1) is 0 Å². The van der Waals surface area contributed by atoms with Crippen molar-refractivity contribution in [1.82, 2.24) is 10.2 Å². The molecule has 1 aliphatic heterocycles. The van der Waals surface area contributed by atoms with Crippen LogP contribution in [-0.4, -0.2) is 67.3 Å². The van der Waals surface area contributed by atoms with E-state index < -0.39 is 12.0 Å². The van der Waals surface area contributed by atoms with Gasteiger partial charge in [-0.2, -0.15) is 0 Å². The zero-order valence-corrected chi connectivity index (χ0v) is 16.2. The van der Waals surface area contributed by atoms with Crippen molar-refractivity contribution in [2.24, 2.45) is 0 Å². The quantitative estimate of drug-likeness (QED) is 0.540. The Hall–Kier alpha value is -1.96. The maximum atomic E-state index is 12.2. The molecule has 0 bridgehead atoms. The number of rotatable bonds is 10. The molecule has 2 rings (SSSR count). The zero-order valence-electron chi connectivity index (χ0n) is 16.2. The van der Waals surface area contributed by atoms with E-state index in [4.69, 9.17) is 4.74 Å². The first kappa shape index (κ1) is 21.3. The number of hydrogen-bond acceptors (Lipinski definition) is 5. The van der Waals surface area contributed by atoms with Gasteiger partial charge in [0.2, 0.25) is 5.91 Å². The molecule has 0 unspecified atom stereocenters. The third-order valence-electron chi connectivity index (χ3n) is 4.69. The average molecular weight is 377 g/mol. The van der Waals surface area contributed by atoms with Gasteiger partial charge in [-0.1, -0.05) is 26.0 Å². The van der Waals surface area contributed by atoms with Gasteiger partial charge in [0, 0.05) is 18.8 Å². The summed E-state index contributed by atoms with van der Waals surface area (Å²) in [7, 11) is 0. The molecular formula is C20H31N3O4. The molecule has 1 fully saturated rings. The van der Waals surface area contributed by atoms with Crippen LogP contribution in [-0.2, 0) is 14.3 Å². The summed E-state index contributed by atoms with van der Waals surface area (Å²) in [5, 5.41) is 15.1. The lowest BCUT2D eigenvalue weighted by atomic mass is 10.0. The van der Waals surface area contributed by atoms with Crippen molar-refractivity contribution in [3.8, 4) is 0 Å². The van der Waals surface area contributed by atoms with Crippen molar-refractivity contribution in [3.63, 3.8) is 0 Å². The molecule has 0 aliphatic carbocycles. The zero-order chi connectivity index (χ0) is 19.6. The van der Waals surface area contributed by atoms with Gasteiger partial charge < -0.3 is 20.5 Å². The Kier molecular flexibility index (Phi) is 8.71. The number of carbonyl (C=O) groups is 2. The molecule has 1 aliphatic rings. The van der Waals surface area contributed by atoms with Crippen LogP contribution in [0.15, 0.2) is 24.3 Å². The van der Waals surface area contributed by atoms with Crippen molar-refractivity contribution in [2.45, 2.75) is 38.6 Å². The Bertz CT molecular complexity index is 598. The van der Waals surface area contributed by atoms with Crippen LogP contribution in [0.4, 0.5) is 5.69 Å². The maximum Gasteiger partial charge on any atom is 0.321 e. The fourth-order valence-electron chi connectivity index (χ4n) is 3.00. The number of aliphatic carboxylic acids is 1. The van der Waals surface area contributed by atoms with E-state index in [0.29, 0.717) is 18.2 Å². The van der Waals surface area contributed by atoms with Crippen molar-refractivity contribution >= 4 is 17.6 Å². The molecular weight excluding hydrogens is 346 g/mol. The molecule has 150 valence electrons. The van der Waals surface area contributed by atoms with E-state index in [0.717, 1.165) is 39.3 Å².